The summed E-state index contributed by atoms with van der Waals surface area (Å²) in [5, 5.41) is 22.1. The van der Waals surface area contributed by atoms with Gasteiger partial charge < -0.3 is 24.8 Å². The van der Waals surface area contributed by atoms with Crippen molar-refractivity contribution in [3.05, 3.63) is 98.3 Å². The van der Waals surface area contributed by atoms with Crippen LogP contribution in [0.1, 0.15) is 104 Å². The maximum Gasteiger partial charge on any atom is 0.420 e. The molecule has 0 spiro atoms. The van der Waals surface area contributed by atoms with Crippen molar-refractivity contribution < 1.29 is 36.6 Å². The van der Waals surface area contributed by atoms with Crippen LogP contribution in [0.15, 0.2) is 70.7 Å². The number of hydrogen-bond donors (Lipinski definition) is 2. The number of nitrogens with one attached hydrogen (secondary N) is 2. The summed E-state index contributed by atoms with van der Waals surface area (Å²) in [5.74, 6) is -0.492. The van der Waals surface area contributed by atoms with Gasteiger partial charge in [0, 0.05) is 33.3 Å². The van der Waals surface area contributed by atoms with E-state index < -0.39 is 17.7 Å². The van der Waals surface area contributed by atoms with E-state index in [4.69, 9.17) is 19.2 Å². The Labute approximate surface area is 381 Å². The lowest BCUT2D eigenvalue weighted by Crippen LogP contribution is -2.16. The first-order valence-corrected chi connectivity index (χ1v) is 24.1. The second-order valence-corrected chi connectivity index (χ2v) is 18.0. The molecule has 1 aliphatic rings. The van der Waals surface area contributed by atoms with Crippen molar-refractivity contribution in [2.45, 2.75) is 90.1 Å². The van der Waals surface area contributed by atoms with Gasteiger partial charge in [0.1, 0.15) is 28.1 Å². The number of thiazole rings is 2. The Morgan fingerprint density at radius 1 is 0.828 bits per heavy atom. The van der Waals surface area contributed by atoms with Crippen LogP contribution >= 0.6 is 34.0 Å². The zero-order chi connectivity index (χ0) is 44.9. The molecule has 2 N–H and O–H groups in total. The molecule has 4 aromatic heterocycles. The average Bonchev–Trinajstić information content (AvgIpc) is 4.09. The van der Waals surface area contributed by atoms with Gasteiger partial charge in [-0.25, -0.2) is 24.1 Å². The molecule has 17 heteroatoms. The SMILES string of the molecule is CCOC(=O)c1cccc(-c2csc(Nc3ccc(OCCCCCCCCc4c(Nc5nc(-c6ccsc6C#N)cs5)ccc(OCC5CCCCC5)c4F)c(C(F)(F)F)c3)n2)n1. The number of ether oxygens (including phenoxy) is 3. The van der Waals surface area contributed by atoms with Gasteiger partial charge in [-0.2, -0.15) is 18.4 Å². The summed E-state index contributed by atoms with van der Waals surface area (Å²) in [6.07, 6.45) is 6.25. The molecule has 4 heterocycles. The summed E-state index contributed by atoms with van der Waals surface area (Å²) < 4.78 is 75.5. The Kier molecular flexibility index (Phi) is 16.2. The van der Waals surface area contributed by atoms with Crippen LogP contribution in [-0.2, 0) is 17.3 Å². The number of halogens is 4. The smallest absolute Gasteiger partial charge is 0.420 e. The van der Waals surface area contributed by atoms with Crippen molar-refractivity contribution in [1.29, 1.82) is 5.26 Å². The van der Waals surface area contributed by atoms with Crippen molar-refractivity contribution in [1.82, 2.24) is 15.0 Å². The number of benzene rings is 2. The number of thiophene rings is 1. The normalized spacial score (nSPS) is 13.1. The molecule has 2 aromatic carbocycles. The molecule has 64 heavy (non-hydrogen) atoms. The zero-order valence-corrected chi connectivity index (χ0v) is 37.7. The summed E-state index contributed by atoms with van der Waals surface area (Å²) in [5.41, 5.74) is 2.94. The van der Waals surface area contributed by atoms with Gasteiger partial charge in [-0.3, -0.25) is 0 Å². The van der Waals surface area contributed by atoms with Gasteiger partial charge in [-0.15, -0.1) is 34.0 Å². The van der Waals surface area contributed by atoms with Crippen LogP contribution < -0.4 is 20.1 Å². The molecule has 0 saturated heterocycles. The Bertz CT molecular complexity index is 2530. The minimum absolute atomic E-state index is 0.125. The number of rotatable bonds is 21. The monoisotopic (exact) mass is 932 g/mol. The van der Waals surface area contributed by atoms with E-state index in [9.17, 15) is 23.2 Å². The second kappa shape index (κ2) is 22.4. The summed E-state index contributed by atoms with van der Waals surface area (Å²) >= 11 is 3.94. The van der Waals surface area contributed by atoms with Crippen molar-refractivity contribution in [3.63, 3.8) is 0 Å². The number of carbonyl (C=O) groups is 1. The molecule has 0 bridgehead atoms. The highest BCUT2D eigenvalue weighted by Gasteiger charge is 2.35. The van der Waals surface area contributed by atoms with Crippen molar-refractivity contribution in [3.8, 4) is 40.2 Å². The molecule has 1 aliphatic carbocycles. The predicted octanol–water partition coefficient (Wildman–Crippen LogP) is 14.0. The molecule has 336 valence electrons. The molecule has 6 aromatic rings. The highest BCUT2D eigenvalue weighted by atomic mass is 32.1. The van der Waals surface area contributed by atoms with E-state index in [1.807, 2.05) is 22.9 Å². The quantitative estimate of drug-likeness (QED) is 0.0408. The first kappa shape index (κ1) is 46.4. The minimum atomic E-state index is -4.65. The number of hydrogen-bond acceptors (Lipinski definition) is 13. The largest absolute Gasteiger partial charge is 0.493 e. The van der Waals surface area contributed by atoms with Gasteiger partial charge in [-0.1, -0.05) is 51.0 Å². The maximum atomic E-state index is 16.2. The van der Waals surface area contributed by atoms with E-state index in [0.29, 0.717) is 68.8 Å². The standard InChI is InChI=1S/C47H48F4N6O4S3/c1-2-59-44(58)37-17-12-16-36(54-37)39-29-64-45(57-39)53-31-18-20-40(34(25-31)47(49,50)51)60-23-11-6-4-3-5-10-15-33-35(19-21-41(43(33)48)61-27-30-13-8-7-9-14-30)55-46-56-38(28-63-46)32-22-24-62-42(32)26-52/h12,16-22,24-25,28-30H,2-11,13-15,23,27H2,1H3,(H,53,57)(H,55,56). The molecule has 0 unspecified atom stereocenters. The van der Waals surface area contributed by atoms with Gasteiger partial charge in [0.15, 0.2) is 21.8 Å². The van der Waals surface area contributed by atoms with Crippen LogP contribution in [0, 0.1) is 23.1 Å². The topological polar surface area (TPSA) is 131 Å². The summed E-state index contributed by atoms with van der Waals surface area (Å²) in [7, 11) is 0. The third kappa shape index (κ3) is 12.4. The number of esters is 1. The molecule has 0 radical (unpaired) electrons. The number of anilines is 4. The Balaban J connectivity index is 0.892. The summed E-state index contributed by atoms with van der Waals surface area (Å²) in [4.78, 5) is 26.2. The molecule has 0 amide bonds. The number of alkyl halides is 3. The molecule has 10 nitrogen and oxygen atoms in total. The molecular weight excluding hydrogens is 885 g/mol. The Morgan fingerprint density at radius 2 is 1.56 bits per heavy atom. The fraction of sp³-hybridized carbons (Fsp3) is 0.383. The highest BCUT2D eigenvalue weighted by molar-refractivity contribution is 7.14. The fourth-order valence-electron chi connectivity index (χ4n) is 7.52. The molecule has 1 saturated carbocycles. The zero-order valence-electron chi connectivity index (χ0n) is 35.3. The van der Waals surface area contributed by atoms with E-state index in [2.05, 4.69) is 26.7 Å². The van der Waals surface area contributed by atoms with E-state index in [-0.39, 0.29) is 41.9 Å². The first-order valence-electron chi connectivity index (χ1n) is 21.5. The lowest BCUT2D eigenvalue weighted by Gasteiger charge is -2.22. The van der Waals surface area contributed by atoms with E-state index in [1.165, 1.54) is 71.5 Å². The molecule has 7 rings (SSSR count). The van der Waals surface area contributed by atoms with Crippen LogP contribution in [0.4, 0.5) is 39.2 Å². The summed E-state index contributed by atoms with van der Waals surface area (Å²) in [6, 6.07) is 16.3. The van der Waals surface area contributed by atoms with Gasteiger partial charge in [0.05, 0.1) is 36.8 Å². The van der Waals surface area contributed by atoms with Gasteiger partial charge in [0.2, 0.25) is 0 Å². The lowest BCUT2D eigenvalue weighted by atomic mass is 9.90. The highest BCUT2D eigenvalue weighted by Crippen LogP contribution is 2.40. The third-order valence-electron chi connectivity index (χ3n) is 10.8. The van der Waals surface area contributed by atoms with E-state index in [1.54, 1.807) is 30.5 Å². The summed E-state index contributed by atoms with van der Waals surface area (Å²) in [6.45, 7) is 2.53. The van der Waals surface area contributed by atoms with Gasteiger partial charge in [0.25, 0.3) is 0 Å². The predicted molar refractivity (Wildman–Crippen MR) is 245 cm³/mol. The average molecular weight is 933 g/mol. The third-order valence-corrected chi connectivity index (χ3v) is 13.1. The van der Waals surface area contributed by atoms with Crippen LogP contribution in [0.25, 0.3) is 22.6 Å². The van der Waals surface area contributed by atoms with Gasteiger partial charge in [-0.05, 0) is 98.9 Å². The van der Waals surface area contributed by atoms with Gasteiger partial charge >= 0.3 is 12.1 Å². The van der Waals surface area contributed by atoms with Crippen LogP contribution in [0.5, 0.6) is 11.5 Å². The van der Waals surface area contributed by atoms with Crippen molar-refractivity contribution in [2.24, 2.45) is 5.92 Å². The van der Waals surface area contributed by atoms with Crippen LogP contribution in [-0.4, -0.2) is 40.7 Å². The van der Waals surface area contributed by atoms with Crippen molar-refractivity contribution >= 4 is 61.6 Å². The van der Waals surface area contributed by atoms with Crippen molar-refractivity contribution in [2.75, 3.05) is 30.5 Å². The first-order chi connectivity index (χ1) is 31.1. The number of nitrogens with zero attached hydrogens (tertiary/aromatic N) is 4. The van der Waals surface area contributed by atoms with Crippen LogP contribution in [0.2, 0.25) is 0 Å². The number of pyridine rings is 1. The second-order valence-electron chi connectivity index (χ2n) is 15.4. The lowest BCUT2D eigenvalue weighted by molar-refractivity contribution is -0.138. The Hall–Kier alpha value is -5.57. The molecule has 0 atom stereocenters. The van der Waals surface area contributed by atoms with E-state index in [0.717, 1.165) is 56.6 Å². The maximum absolute atomic E-state index is 16.2. The fourth-order valence-corrected chi connectivity index (χ4v) is 9.66. The van der Waals surface area contributed by atoms with Crippen LogP contribution in [0.3, 0.4) is 0 Å². The van der Waals surface area contributed by atoms with E-state index >= 15 is 4.39 Å². The molecule has 1 fully saturated rings. The number of unbranched alkanes of at least 4 members (excludes halogenated alkanes) is 5. The number of nitriles is 1. The molecular formula is C47H48F4N6O4S3. The minimum Gasteiger partial charge on any atom is -0.493 e. The molecule has 0 aliphatic heterocycles. The number of aromatic nitrogens is 3. The number of carbonyl (C=O) groups excluding carboxylic acids is 1. The Morgan fingerprint density at radius 3 is 2.34 bits per heavy atom.